The van der Waals surface area contributed by atoms with Crippen LogP contribution in [-0.2, 0) is 6.54 Å². The molecule has 19 heavy (non-hydrogen) atoms. The van der Waals surface area contributed by atoms with E-state index in [4.69, 9.17) is 5.11 Å². The summed E-state index contributed by atoms with van der Waals surface area (Å²) in [6.45, 7) is 0.558. The Labute approximate surface area is 119 Å². The molecule has 0 aromatic heterocycles. The summed E-state index contributed by atoms with van der Waals surface area (Å²) in [7, 11) is 0. The monoisotopic (exact) mass is 330 g/mol. The molecule has 1 saturated carbocycles. The molecule has 0 heterocycles. The highest BCUT2D eigenvalue weighted by atomic mass is 79.9. The molecule has 104 valence electrons. The third-order valence-electron chi connectivity index (χ3n) is 2.96. The topological polar surface area (TPSA) is 52.6 Å². The lowest BCUT2D eigenvalue weighted by Gasteiger charge is -2.21. The Bertz CT molecular complexity index is 446. The number of hydrogen-bond acceptors (Lipinski definition) is 2. The summed E-state index contributed by atoms with van der Waals surface area (Å²) in [6, 6.07) is 4.55. The average Bonchev–Trinajstić information content (AvgIpc) is 3.16. The van der Waals surface area contributed by atoms with E-state index in [2.05, 4.69) is 21.2 Å². The van der Waals surface area contributed by atoms with E-state index in [0.717, 1.165) is 12.8 Å². The van der Waals surface area contributed by atoms with Crippen LogP contribution in [0.2, 0.25) is 0 Å². The van der Waals surface area contributed by atoms with Gasteiger partial charge in [0.1, 0.15) is 5.82 Å². The lowest BCUT2D eigenvalue weighted by molar-refractivity contribution is 0.173. The fourth-order valence-electron chi connectivity index (χ4n) is 1.94. The van der Waals surface area contributed by atoms with Crippen LogP contribution in [0.1, 0.15) is 18.4 Å². The number of benzene rings is 1. The SMILES string of the molecule is O=C(NCc1cc(F)cc(Br)c1)N(CCO)C1CC1. The van der Waals surface area contributed by atoms with Crippen molar-refractivity contribution in [2.24, 2.45) is 0 Å². The minimum absolute atomic E-state index is 0.0462. The molecule has 0 saturated heterocycles. The van der Waals surface area contributed by atoms with Gasteiger partial charge in [-0.05, 0) is 36.6 Å². The average molecular weight is 331 g/mol. The second kappa shape index (κ2) is 6.34. The van der Waals surface area contributed by atoms with Crippen LogP contribution in [0.5, 0.6) is 0 Å². The largest absolute Gasteiger partial charge is 0.395 e. The Morgan fingerprint density at radius 2 is 2.21 bits per heavy atom. The molecule has 0 bridgehead atoms. The summed E-state index contributed by atoms with van der Waals surface area (Å²) in [5.74, 6) is -0.340. The molecule has 1 fully saturated rings. The summed E-state index contributed by atoms with van der Waals surface area (Å²) in [4.78, 5) is 13.6. The number of aliphatic hydroxyl groups excluding tert-OH is 1. The van der Waals surface area contributed by atoms with Gasteiger partial charge in [-0.1, -0.05) is 15.9 Å². The van der Waals surface area contributed by atoms with E-state index in [9.17, 15) is 9.18 Å². The number of hydrogen-bond donors (Lipinski definition) is 2. The van der Waals surface area contributed by atoms with E-state index >= 15 is 0 Å². The van der Waals surface area contributed by atoms with Gasteiger partial charge in [-0.15, -0.1) is 0 Å². The van der Waals surface area contributed by atoms with Crippen molar-refractivity contribution >= 4 is 22.0 Å². The fourth-order valence-corrected chi connectivity index (χ4v) is 2.45. The van der Waals surface area contributed by atoms with E-state index in [1.54, 1.807) is 11.0 Å². The molecule has 1 aromatic rings. The van der Waals surface area contributed by atoms with Crippen LogP contribution < -0.4 is 5.32 Å². The fraction of sp³-hybridized carbons (Fsp3) is 0.462. The van der Waals surface area contributed by atoms with Crippen molar-refractivity contribution in [2.75, 3.05) is 13.2 Å². The maximum absolute atomic E-state index is 13.2. The van der Waals surface area contributed by atoms with E-state index in [1.807, 2.05) is 0 Å². The van der Waals surface area contributed by atoms with Gasteiger partial charge in [-0.2, -0.15) is 0 Å². The van der Waals surface area contributed by atoms with Crippen LogP contribution in [-0.4, -0.2) is 35.2 Å². The first kappa shape index (κ1) is 14.3. The predicted octanol–water partition coefficient (Wildman–Crippen LogP) is 2.25. The number of carbonyl (C=O) groups is 1. The lowest BCUT2D eigenvalue weighted by Crippen LogP contribution is -2.42. The van der Waals surface area contributed by atoms with E-state index in [-0.39, 0.29) is 31.0 Å². The molecule has 1 aliphatic rings. The number of amides is 2. The highest BCUT2D eigenvalue weighted by Gasteiger charge is 2.31. The smallest absolute Gasteiger partial charge is 0.317 e. The van der Waals surface area contributed by atoms with Gasteiger partial charge in [-0.3, -0.25) is 0 Å². The third kappa shape index (κ3) is 4.18. The van der Waals surface area contributed by atoms with Gasteiger partial charge in [-0.25, -0.2) is 9.18 Å². The molecule has 0 unspecified atom stereocenters. The lowest BCUT2D eigenvalue weighted by atomic mass is 10.2. The molecule has 6 heteroatoms. The maximum atomic E-state index is 13.2. The second-order valence-corrected chi connectivity index (χ2v) is 5.50. The van der Waals surface area contributed by atoms with Crippen molar-refractivity contribution in [3.8, 4) is 0 Å². The molecule has 0 spiro atoms. The van der Waals surface area contributed by atoms with Gasteiger partial charge in [0.2, 0.25) is 0 Å². The van der Waals surface area contributed by atoms with Gasteiger partial charge >= 0.3 is 6.03 Å². The van der Waals surface area contributed by atoms with Gasteiger partial charge < -0.3 is 15.3 Å². The Balaban J connectivity index is 1.91. The molecular weight excluding hydrogens is 315 g/mol. The first-order valence-electron chi connectivity index (χ1n) is 6.20. The molecule has 0 aliphatic heterocycles. The minimum atomic E-state index is -0.340. The van der Waals surface area contributed by atoms with Gasteiger partial charge in [0, 0.05) is 23.6 Å². The zero-order valence-electron chi connectivity index (χ0n) is 10.4. The Hall–Kier alpha value is -1.14. The molecule has 0 radical (unpaired) electrons. The second-order valence-electron chi connectivity index (χ2n) is 4.58. The highest BCUT2D eigenvalue weighted by Crippen LogP contribution is 2.26. The molecule has 1 aliphatic carbocycles. The zero-order chi connectivity index (χ0) is 13.8. The predicted molar refractivity (Wildman–Crippen MR) is 73.1 cm³/mol. The summed E-state index contributed by atoms with van der Waals surface area (Å²) in [6.07, 6.45) is 1.97. The van der Waals surface area contributed by atoms with Crippen LogP contribution in [0.15, 0.2) is 22.7 Å². The quantitative estimate of drug-likeness (QED) is 0.870. The number of rotatable bonds is 5. The molecular formula is C13H16BrFN2O2. The number of nitrogens with one attached hydrogen (secondary N) is 1. The van der Waals surface area contributed by atoms with Gasteiger partial charge in [0.25, 0.3) is 0 Å². The molecule has 2 rings (SSSR count). The summed E-state index contributed by atoms with van der Waals surface area (Å²) in [5.41, 5.74) is 0.694. The number of nitrogens with zero attached hydrogens (tertiary/aromatic N) is 1. The summed E-state index contributed by atoms with van der Waals surface area (Å²) < 4.78 is 13.8. The van der Waals surface area contributed by atoms with E-state index in [1.165, 1.54) is 12.1 Å². The van der Waals surface area contributed by atoms with Crippen molar-refractivity contribution < 1.29 is 14.3 Å². The normalized spacial score (nSPS) is 14.3. The van der Waals surface area contributed by atoms with Crippen molar-refractivity contribution in [2.45, 2.75) is 25.4 Å². The van der Waals surface area contributed by atoms with E-state index in [0.29, 0.717) is 16.6 Å². The number of urea groups is 1. The molecule has 2 amide bonds. The zero-order valence-corrected chi connectivity index (χ0v) is 12.0. The molecule has 2 N–H and O–H groups in total. The van der Waals surface area contributed by atoms with Gasteiger partial charge in [0.05, 0.1) is 6.61 Å². The van der Waals surface area contributed by atoms with Crippen LogP contribution in [0.4, 0.5) is 9.18 Å². The molecule has 0 atom stereocenters. The van der Waals surface area contributed by atoms with Crippen LogP contribution in [0, 0.1) is 5.82 Å². The van der Waals surface area contributed by atoms with Crippen molar-refractivity contribution in [3.05, 3.63) is 34.1 Å². The van der Waals surface area contributed by atoms with Crippen LogP contribution in [0.25, 0.3) is 0 Å². The molecule has 1 aromatic carbocycles. The highest BCUT2D eigenvalue weighted by molar-refractivity contribution is 9.10. The first-order valence-corrected chi connectivity index (χ1v) is 7.00. The summed E-state index contributed by atoms with van der Waals surface area (Å²) >= 11 is 3.21. The van der Waals surface area contributed by atoms with Crippen LogP contribution >= 0.6 is 15.9 Å². The first-order chi connectivity index (χ1) is 9.10. The van der Waals surface area contributed by atoms with Crippen LogP contribution in [0.3, 0.4) is 0 Å². The van der Waals surface area contributed by atoms with Crippen molar-refractivity contribution in [3.63, 3.8) is 0 Å². The minimum Gasteiger partial charge on any atom is -0.395 e. The number of carbonyl (C=O) groups excluding carboxylic acids is 1. The standard InChI is InChI=1S/C13H16BrFN2O2/c14-10-5-9(6-11(15)7-10)8-16-13(19)17(3-4-18)12-1-2-12/h5-7,12,18H,1-4,8H2,(H,16,19). The Morgan fingerprint density at radius 1 is 1.47 bits per heavy atom. The van der Waals surface area contributed by atoms with E-state index < -0.39 is 0 Å². The maximum Gasteiger partial charge on any atom is 0.317 e. The van der Waals surface area contributed by atoms with Crippen molar-refractivity contribution in [1.82, 2.24) is 10.2 Å². The number of aliphatic hydroxyl groups is 1. The van der Waals surface area contributed by atoms with Gasteiger partial charge in [0.15, 0.2) is 0 Å². The molecule has 4 nitrogen and oxygen atoms in total. The Morgan fingerprint density at radius 3 is 2.79 bits per heavy atom. The third-order valence-corrected chi connectivity index (χ3v) is 3.41. The Kier molecular flexibility index (Phi) is 4.76. The summed E-state index contributed by atoms with van der Waals surface area (Å²) in [5, 5.41) is 11.7. The van der Waals surface area contributed by atoms with Crippen molar-refractivity contribution in [1.29, 1.82) is 0 Å². The number of halogens is 2.